The van der Waals surface area contributed by atoms with Gasteiger partial charge in [0, 0.05) is 19.0 Å². The van der Waals surface area contributed by atoms with Crippen LogP contribution in [0.1, 0.15) is 48.7 Å². The van der Waals surface area contributed by atoms with Gasteiger partial charge in [-0.1, -0.05) is 12.8 Å². The molecule has 0 N–H and O–H groups in total. The van der Waals surface area contributed by atoms with Crippen LogP contribution in [0.4, 0.5) is 0 Å². The second-order valence-corrected chi connectivity index (χ2v) is 4.57. The lowest BCUT2D eigenvalue weighted by Gasteiger charge is -2.18. The first-order valence-electron chi connectivity index (χ1n) is 6.06. The van der Waals surface area contributed by atoms with Crippen molar-refractivity contribution < 1.29 is 9.21 Å². The third-order valence-corrected chi connectivity index (χ3v) is 3.11. The van der Waals surface area contributed by atoms with E-state index in [0.29, 0.717) is 5.76 Å². The Morgan fingerprint density at radius 2 is 2.00 bits per heavy atom. The average Bonchev–Trinajstić information content (AvgIpc) is 2.56. The van der Waals surface area contributed by atoms with E-state index in [0.717, 1.165) is 12.1 Å². The quantitative estimate of drug-likeness (QED) is 0.736. The molecule has 1 aliphatic rings. The fraction of sp³-hybridized carbons (Fsp3) is 0.615. The molecule has 1 fully saturated rings. The lowest BCUT2D eigenvalue weighted by molar-refractivity contribution is 0.0987. The Morgan fingerprint density at radius 3 is 2.56 bits per heavy atom. The highest BCUT2D eigenvalue weighted by molar-refractivity contribution is 5.91. The lowest BCUT2D eigenvalue weighted by atomic mass is 10.2. The summed E-state index contributed by atoms with van der Waals surface area (Å²) in [5, 5.41) is 0. The van der Waals surface area contributed by atoms with E-state index in [1.165, 1.54) is 45.7 Å². The predicted octanol–water partition coefficient (Wildman–Crippen LogP) is 2.86. The van der Waals surface area contributed by atoms with Gasteiger partial charge in [-0.15, -0.1) is 0 Å². The molecule has 0 aromatic carbocycles. The third-order valence-electron chi connectivity index (χ3n) is 3.11. The Balaban J connectivity index is 1.94. The van der Waals surface area contributed by atoms with Gasteiger partial charge < -0.3 is 4.42 Å². The minimum atomic E-state index is 0.00196. The van der Waals surface area contributed by atoms with Crippen LogP contribution in [-0.4, -0.2) is 23.8 Å². The zero-order chi connectivity index (χ0) is 11.4. The molecule has 3 heteroatoms. The highest BCUT2D eigenvalue weighted by Gasteiger charge is 2.12. The van der Waals surface area contributed by atoms with Crippen LogP contribution in [0.5, 0.6) is 0 Å². The normalized spacial score (nSPS) is 18.3. The van der Waals surface area contributed by atoms with Crippen LogP contribution < -0.4 is 0 Å². The van der Waals surface area contributed by atoms with Crippen molar-refractivity contribution in [2.45, 2.75) is 39.2 Å². The highest BCUT2D eigenvalue weighted by Crippen LogP contribution is 2.15. The third kappa shape index (κ3) is 2.95. The van der Waals surface area contributed by atoms with Gasteiger partial charge in [-0.05, 0) is 32.0 Å². The summed E-state index contributed by atoms with van der Waals surface area (Å²) in [6, 6.07) is 1.87. The minimum absolute atomic E-state index is 0.00196. The topological polar surface area (TPSA) is 33.5 Å². The van der Waals surface area contributed by atoms with E-state index in [9.17, 15) is 4.79 Å². The maximum absolute atomic E-state index is 11.1. The van der Waals surface area contributed by atoms with Gasteiger partial charge in [-0.2, -0.15) is 0 Å². The number of carbonyl (C=O) groups excluding carboxylic acids is 1. The molecule has 0 aliphatic carbocycles. The molecule has 0 spiro atoms. The molecule has 1 saturated heterocycles. The number of nitrogens with zero attached hydrogens (tertiary/aromatic N) is 1. The van der Waals surface area contributed by atoms with Crippen LogP contribution in [0, 0.1) is 0 Å². The van der Waals surface area contributed by atoms with Gasteiger partial charge in [0.25, 0.3) is 0 Å². The SMILES string of the molecule is CC(=O)c1cc(CN2CCCCCC2)co1. The molecule has 0 amide bonds. The highest BCUT2D eigenvalue weighted by atomic mass is 16.3. The van der Waals surface area contributed by atoms with Crippen molar-refractivity contribution in [3.63, 3.8) is 0 Å². The molecule has 88 valence electrons. The van der Waals surface area contributed by atoms with Crippen LogP contribution >= 0.6 is 0 Å². The lowest BCUT2D eigenvalue weighted by Crippen LogP contribution is -2.23. The molecule has 16 heavy (non-hydrogen) atoms. The molecule has 2 heterocycles. The fourth-order valence-electron chi connectivity index (χ4n) is 2.20. The molecule has 1 aliphatic heterocycles. The van der Waals surface area contributed by atoms with E-state index in [1.54, 1.807) is 6.26 Å². The second kappa shape index (κ2) is 5.30. The number of hydrogen-bond donors (Lipinski definition) is 0. The van der Waals surface area contributed by atoms with E-state index in [4.69, 9.17) is 4.42 Å². The number of hydrogen-bond acceptors (Lipinski definition) is 3. The molecule has 0 radical (unpaired) electrons. The van der Waals surface area contributed by atoms with Gasteiger partial charge in [0.05, 0.1) is 6.26 Å². The summed E-state index contributed by atoms with van der Waals surface area (Å²) >= 11 is 0. The number of likely N-dealkylation sites (tertiary alicyclic amines) is 1. The van der Waals surface area contributed by atoms with E-state index in [1.807, 2.05) is 6.07 Å². The number of furan rings is 1. The van der Waals surface area contributed by atoms with Crippen LogP contribution in [0.15, 0.2) is 16.7 Å². The molecule has 3 nitrogen and oxygen atoms in total. The van der Waals surface area contributed by atoms with E-state index in [-0.39, 0.29) is 5.78 Å². The molecule has 1 aromatic rings. The Bertz CT molecular complexity index is 349. The Labute approximate surface area is 96.4 Å². The summed E-state index contributed by atoms with van der Waals surface area (Å²) in [4.78, 5) is 13.5. The second-order valence-electron chi connectivity index (χ2n) is 4.57. The number of Topliss-reactive ketones (excluding diaryl/α,β-unsaturated/α-hetero) is 1. The summed E-state index contributed by atoms with van der Waals surface area (Å²) in [5.41, 5.74) is 1.12. The summed E-state index contributed by atoms with van der Waals surface area (Å²) in [6.07, 6.45) is 6.98. The number of carbonyl (C=O) groups is 1. The fourth-order valence-corrected chi connectivity index (χ4v) is 2.20. The van der Waals surface area contributed by atoms with Crippen molar-refractivity contribution >= 4 is 5.78 Å². The molecular formula is C13H19NO2. The summed E-state index contributed by atoms with van der Waals surface area (Å²) < 4.78 is 5.22. The van der Waals surface area contributed by atoms with Gasteiger partial charge in [0.15, 0.2) is 11.5 Å². The first-order chi connectivity index (χ1) is 7.75. The largest absolute Gasteiger partial charge is 0.461 e. The smallest absolute Gasteiger partial charge is 0.194 e. The monoisotopic (exact) mass is 221 g/mol. The average molecular weight is 221 g/mol. The van der Waals surface area contributed by atoms with Gasteiger partial charge in [-0.3, -0.25) is 9.69 Å². The maximum atomic E-state index is 11.1. The molecule has 0 saturated carbocycles. The van der Waals surface area contributed by atoms with Crippen molar-refractivity contribution in [2.24, 2.45) is 0 Å². The first kappa shape index (κ1) is 11.4. The van der Waals surface area contributed by atoms with Gasteiger partial charge >= 0.3 is 0 Å². The molecule has 0 atom stereocenters. The summed E-state index contributed by atoms with van der Waals surface area (Å²) in [5.74, 6) is 0.479. The predicted molar refractivity (Wildman–Crippen MR) is 62.5 cm³/mol. The van der Waals surface area contributed by atoms with Crippen LogP contribution in [0.3, 0.4) is 0 Å². The van der Waals surface area contributed by atoms with Crippen LogP contribution in [0.2, 0.25) is 0 Å². The molecular weight excluding hydrogens is 202 g/mol. The van der Waals surface area contributed by atoms with Crippen molar-refractivity contribution in [3.8, 4) is 0 Å². The Hall–Kier alpha value is -1.09. The molecule has 0 bridgehead atoms. The Morgan fingerprint density at radius 1 is 1.31 bits per heavy atom. The van der Waals surface area contributed by atoms with Crippen LogP contribution in [0.25, 0.3) is 0 Å². The van der Waals surface area contributed by atoms with Gasteiger partial charge in [0.1, 0.15) is 0 Å². The van der Waals surface area contributed by atoms with E-state index in [2.05, 4.69) is 4.90 Å². The zero-order valence-corrected chi connectivity index (χ0v) is 9.87. The van der Waals surface area contributed by atoms with Crippen molar-refractivity contribution in [1.82, 2.24) is 4.90 Å². The molecule has 1 aromatic heterocycles. The van der Waals surface area contributed by atoms with E-state index >= 15 is 0 Å². The minimum Gasteiger partial charge on any atom is -0.461 e. The van der Waals surface area contributed by atoms with E-state index < -0.39 is 0 Å². The first-order valence-corrected chi connectivity index (χ1v) is 6.06. The van der Waals surface area contributed by atoms with Crippen molar-refractivity contribution in [3.05, 3.63) is 23.7 Å². The summed E-state index contributed by atoms with van der Waals surface area (Å²) in [7, 11) is 0. The maximum Gasteiger partial charge on any atom is 0.194 e. The van der Waals surface area contributed by atoms with Crippen molar-refractivity contribution in [2.75, 3.05) is 13.1 Å². The van der Waals surface area contributed by atoms with Crippen LogP contribution in [-0.2, 0) is 6.54 Å². The molecule has 0 unspecified atom stereocenters. The summed E-state index contributed by atoms with van der Waals surface area (Å²) in [6.45, 7) is 4.78. The molecule has 2 rings (SSSR count). The standard InChI is InChI=1S/C13H19NO2/c1-11(15)13-8-12(10-16-13)9-14-6-4-2-3-5-7-14/h8,10H,2-7,9H2,1H3. The van der Waals surface area contributed by atoms with Gasteiger partial charge in [0.2, 0.25) is 0 Å². The van der Waals surface area contributed by atoms with Crippen molar-refractivity contribution in [1.29, 1.82) is 0 Å². The number of ketones is 1. The Kier molecular flexibility index (Phi) is 3.78. The zero-order valence-electron chi connectivity index (χ0n) is 9.87. The number of rotatable bonds is 3. The van der Waals surface area contributed by atoms with Gasteiger partial charge in [-0.25, -0.2) is 0 Å².